The number of hydrogen-bond acceptors (Lipinski definition) is 6. The van der Waals surface area contributed by atoms with Gasteiger partial charge in [-0.05, 0) is 12.1 Å². The lowest BCUT2D eigenvalue weighted by atomic mass is 10.3. The number of hydrogen-bond donors (Lipinski definition) is 0. The summed E-state index contributed by atoms with van der Waals surface area (Å²) in [6.07, 6.45) is 4.32. The van der Waals surface area contributed by atoms with Crippen molar-refractivity contribution in [1.82, 2.24) is 29.4 Å². The first-order chi connectivity index (χ1) is 13.1. The van der Waals surface area contributed by atoms with Crippen molar-refractivity contribution in [2.24, 2.45) is 7.05 Å². The van der Waals surface area contributed by atoms with Crippen LogP contribution in [-0.2, 0) is 11.8 Å². The van der Waals surface area contributed by atoms with Gasteiger partial charge in [-0.2, -0.15) is 4.98 Å². The van der Waals surface area contributed by atoms with E-state index in [1.807, 2.05) is 29.5 Å². The van der Waals surface area contributed by atoms with Crippen LogP contribution in [0.4, 0.5) is 0 Å². The van der Waals surface area contributed by atoms with Gasteiger partial charge in [-0.25, -0.2) is 15.0 Å². The monoisotopic (exact) mass is 386 g/mol. The standard InChI is InChI=1S/C18H19ClN6O2/c1-3-14(26)25-7-6-12(9-25)27-18-15-17(21-10-22-18)24(2)16(23-15)11-4-5-13(19)20-8-11/h4-5,8,10,12H,3,6-7,9H2,1-2H3. The number of aryl methyl sites for hydroxylation is 1. The number of nitrogens with zero attached hydrogens (tertiary/aromatic N) is 6. The van der Waals surface area contributed by atoms with Crippen LogP contribution < -0.4 is 4.74 Å². The minimum Gasteiger partial charge on any atom is -0.471 e. The van der Waals surface area contributed by atoms with Crippen molar-refractivity contribution in [3.63, 3.8) is 0 Å². The van der Waals surface area contributed by atoms with E-state index in [-0.39, 0.29) is 12.0 Å². The molecular weight excluding hydrogens is 368 g/mol. The van der Waals surface area contributed by atoms with Crippen molar-refractivity contribution in [3.05, 3.63) is 29.8 Å². The van der Waals surface area contributed by atoms with Gasteiger partial charge in [0, 0.05) is 38.2 Å². The first-order valence-electron chi connectivity index (χ1n) is 8.80. The fraction of sp³-hybridized carbons (Fsp3) is 0.389. The molecule has 1 saturated heterocycles. The quantitative estimate of drug-likeness (QED) is 0.640. The summed E-state index contributed by atoms with van der Waals surface area (Å²) in [6, 6.07) is 3.58. The van der Waals surface area contributed by atoms with Crippen LogP contribution in [0.2, 0.25) is 5.15 Å². The van der Waals surface area contributed by atoms with E-state index in [1.165, 1.54) is 6.33 Å². The molecule has 4 heterocycles. The number of pyridine rings is 1. The fourth-order valence-corrected chi connectivity index (χ4v) is 3.38. The number of aromatic nitrogens is 5. The molecule has 1 atom stereocenters. The normalized spacial score (nSPS) is 16.9. The molecule has 0 N–H and O–H groups in total. The summed E-state index contributed by atoms with van der Waals surface area (Å²) in [5.41, 5.74) is 2.08. The fourth-order valence-electron chi connectivity index (χ4n) is 3.26. The van der Waals surface area contributed by atoms with Gasteiger partial charge < -0.3 is 14.2 Å². The minimum absolute atomic E-state index is 0.0961. The summed E-state index contributed by atoms with van der Waals surface area (Å²) < 4.78 is 7.95. The van der Waals surface area contributed by atoms with Crippen molar-refractivity contribution in [2.75, 3.05) is 13.1 Å². The zero-order chi connectivity index (χ0) is 19.0. The Morgan fingerprint density at radius 2 is 2.19 bits per heavy atom. The Morgan fingerprint density at radius 1 is 1.33 bits per heavy atom. The number of likely N-dealkylation sites (tertiary alicyclic amines) is 1. The van der Waals surface area contributed by atoms with E-state index in [2.05, 4.69) is 19.9 Å². The number of carbonyl (C=O) groups excluding carboxylic acids is 1. The molecule has 3 aromatic rings. The third kappa shape index (κ3) is 3.32. The van der Waals surface area contributed by atoms with Crippen molar-refractivity contribution in [2.45, 2.75) is 25.9 Å². The average molecular weight is 387 g/mol. The van der Waals surface area contributed by atoms with Crippen LogP contribution in [0.25, 0.3) is 22.6 Å². The molecule has 1 aliphatic heterocycles. The lowest BCUT2D eigenvalue weighted by Crippen LogP contribution is -2.30. The maximum atomic E-state index is 11.9. The maximum Gasteiger partial charge on any atom is 0.245 e. The van der Waals surface area contributed by atoms with Gasteiger partial charge in [0.1, 0.15) is 23.4 Å². The molecule has 1 unspecified atom stereocenters. The topological polar surface area (TPSA) is 86.0 Å². The number of rotatable bonds is 4. The Labute approximate surface area is 161 Å². The maximum absolute atomic E-state index is 11.9. The summed E-state index contributed by atoms with van der Waals surface area (Å²) in [5, 5.41) is 0.425. The molecule has 4 rings (SSSR count). The first-order valence-corrected chi connectivity index (χ1v) is 9.18. The van der Waals surface area contributed by atoms with Crippen LogP contribution >= 0.6 is 11.6 Å². The van der Waals surface area contributed by atoms with Crippen LogP contribution in [0.15, 0.2) is 24.7 Å². The lowest BCUT2D eigenvalue weighted by molar-refractivity contribution is -0.130. The van der Waals surface area contributed by atoms with Crippen LogP contribution in [0.5, 0.6) is 5.88 Å². The van der Waals surface area contributed by atoms with Crippen molar-refractivity contribution >= 4 is 28.7 Å². The summed E-state index contributed by atoms with van der Waals surface area (Å²) in [7, 11) is 1.88. The number of halogens is 1. The van der Waals surface area contributed by atoms with Gasteiger partial charge in [0.2, 0.25) is 11.8 Å². The number of fused-ring (bicyclic) bond motifs is 1. The Hall–Kier alpha value is -2.74. The van der Waals surface area contributed by atoms with Gasteiger partial charge in [0.25, 0.3) is 0 Å². The summed E-state index contributed by atoms with van der Waals surface area (Å²) >= 11 is 5.87. The summed E-state index contributed by atoms with van der Waals surface area (Å²) in [6.45, 7) is 3.14. The van der Waals surface area contributed by atoms with Gasteiger partial charge in [-0.3, -0.25) is 4.79 Å². The number of amides is 1. The molecule has 0 bridgehead atoms. The van der Waals surface area contributed by atoms with Gasteiger partial charge in [0.15, 0.2) is 11.2 Å². The molecule has 0 radical (unpaired) electrons. The third-order valence-corrected chi connectivity index (χ3v) is 4.91. The highest BCUT2D eigenvalue weighted by Crippen LogP contribution is 2.28. The van der Waals surface area contributed by atoms with Gasteiger partial charge in [-0.1, -0.05) is 18.5 Å². The van der Waals surface area contributed by atoms with E-state index in [4.69, 9.17) is 16.3 Å². The van der Waals surface area contributed by atoms with E-state index in [9.17, 15) is 4.79 Å². The molecule has 140 valence electrons. The van der Waals surface area contributed by atoms with E-state index in [0.717, 1.165) is 12.0 Å². The molecule has 0 spiro atoms. The second-order valence-electron chi connectivity index (χ2n) is 6.44. The predicted octanol–water partition coefficient (Wildman–Crippen LogP) is 2.47. The van der Waals surface area contributed by atoms with Crippen molar-refractivity contribution in [3.8, 4) is 17.3 Å². The second-order valence-corrected chi connectivity index (χ2v) is 6.82. The number of imidazole rings is 1. The van der Waals surface area contributed by atoms with Crippen LogP contribution in [0.3, 0.4) is 0 Å². The molecule has 0 aliphatic carbocycles. The molecule has 1 amide bonds. The Bertz CT molecular complexity index is 987. The first kappa shape index (κ1) is 17.7. The predicted molar refractivity (Wildman–Crippen MR) is 100 cm³/mol. The lowest BCUT2D eigenvalue weighted by Gasteiger charge is -2.16. The Kier molecular flexibility index (Phi) is 4.65. The van der Waals surface area contributed by atoms with Crippen LogP contribution in [0.1, 0.15) is 19.8 Å². The van der Waals surface area contributed by atoms with Crippen molar-refractivity contribution < 1.29 is 9.53 Å². The minimum atomic E-state index is -0.0961. The highest BCUT2D eigenvalue weighted by molar-refractivity contribution is 6.29. The molecule has 3 aromatic heterocycles. The van der Waals surface area contributed by atoms with Gasteiger partial charge in [-0.15, -0.1) is 0 Å². The number of carbonyl (C=O) groups is 1. The molecule has 9 heteroatoms. The van der Waals surface area contributed by atoms with Crippen molar-refractivity contribution in [1.29, 1.82) is 0 Å². The SMILES string of the molecule is CCC(=O)N1CCC(Oc2ncnc3c2nc(-c2ccc(Cl)nc2)n3C)C1. The van der Waals surface area contributed by atoms with E-state index in [0.29, 0.717) is 47.5 Å². The largest absolute Gasteiger partial charge is 0.471 e. The molecule has 0 saturated carbocycles. The molecule has 1 aliphatic rings. The van der Waals surface area contributed by atoms with E-state index in [1.54, 1.807) is 12.3 Å². The Balaban J connectivity index is 1.64. The highest BCUT2D eigenvalue weighted by atomic mass is 35.5. The summed E-state index contributed by atoms with van der Waals surface area (Å²) in [5.74, 6) is 1.28. The zero-order valence-corrected chi connectivity index (χ0v) is 15.8. The molecule has 1 fully saturated rings. The number of ether oxygens (including phenoxy) is 1. The molecule has 27 heavy (non-hydrogen) atoms. The highest BCUT2D eigenvalue weighted by Gasteiger charge is 2.28. The van der Waals surface area contributed by atoms with Gasteiger partial charge in [0.05, 0.1) is 6.54 Å². The molecule has 0 aromatic carbocycles. The zero-order valence-electron chi connectivity index (χ0n) is 15.1. The van der Waals surface area contributed by atoms with E-state index < -0.39 is 0 Å². The Morgan fingerprint density at radius 3 is 2.93 bits per heavy atom. The van der Waals surface area contributed by atoms with Gasteiger partial charge >= 0.3 is 0 Å². The van der Waals surface area contributed by atoms with Crippen LogP contribution in [0, 0.1) is 0 Å². The third-order valence-electron chi connectivity index (χ3n) is 4.69. The molecular formula is C18H19ClN6O2. The molecule has 8 nitrogen and oxygen atoms in total. The average Bonchev–Trinajstić information content (AvgIpc) is 3.28. The van der Waals surface area contributed by atoms with Crippen LogP contribution in [-0.4, -0.2) is 54.5 Å². The van der Waals surface area contributed by atoms with E-state index >= 15 is 0 Å². The smallest absolute Gasteiger partial charge is 0.245 e. The summed E-state index contributed by atoms with van der Waals surface area (Å²) in [4.78, 5) is 31.1. The second kappa shape index (κ2) is 7.11.